The molecule has 0 saturated heterocycles. The third kappa shape index (κ3) is 2.54. The Morgan fingerprint density at radius 1 is 1.29 bits per heavy atom. The van der Waals surface area contributed by atoms with Crippen LogP contribution in [0.1, 0.15) is 27.2 Å². The number of aryl methyl sites for hydroxylation is 1. The van der Waals surface area contributed by atoms with E-state index in [0.717, 1.165) is 41.3 Å². The van der Waals surface area contributed by atoms with Gasteiger partial charge in [0.1, 0.15) is 17.1 Å². The van der Waals surface area contributed by atoms with Crippen molar-refractivity contribution < 1.29 is 9.53 Å². The van der Waals surface area contributed by atoms with Crippen molar-refractivity contribution in [2.45, 2.75) is 19.3 Å². The zero-order valence-electron chi connectivity index (χ0n) is 13.0. The van der Waals surface area contributed by atoms with Gasteiger partial charge >= 0.3 is 0 Å². The minimum absolute atomic E-state index is 0.134. The molecule has 0 bridgehead atoms. The first-order chi connectivity index (χ1) is 11.8. The summed E-state index contributed by atoms with van der Waals surface area (Å²) in [6, 6.07) is 7.27. The van der Waals surface area contributed by atoms with Gasteiger partial charge in [-0.15, -0.1) is 16.4 Å². The fourth-order valence-electron chi connectivity index (χ4n) is 2.91. The number of carbonyl (C=O) groups is 1. The average molecular weight is 341 g/mol. The predicted octanol–water partition coefficient (Wildman–Crippen LogP) is 2.47. The van der Waals surface area contributed by atoms with Crippen LogP contribution in [0.5, 0.6) is 5.75 Å². The van der Waals surface area contributed by atoms with Crippen molar-refractivity contribution >= 4 is 22.9 Å². The van der Waals surface area contributed by atoms with Crippen molar-refractivity contribution in [2.24, 2.45) is 0 Å². The van der Waals surface area contributed by atoms with E-state index in [4.69, 9.17) is 4.74 Å². The number of thiophene rings is 1. The lowest BCUT2D eigenvalue weighted by molar-refractivity contribution is 0.102. The van der Waals surface area contributed by atoms with Crippen molar-refractivity contribution in [1.29, 1.82) is 0 Å². The van der Waals surface area contributed by atoms with Crippen molar-refractivity contribution in [3.8, 4) is 10.8 Å². The summed E-state index contributed by atoms with van der Waals surface area (Å²) in [5.41, 5.74) is 2.52. The number of nitrogens with one attached hydrogen (secondary N) is 1. The molecule has 2 heterocycles. The SMILES string of the molecule is COc1ccc(NC(=O)c2c(-n3cnnn3)sc3c2CCC3)cc1. The summed E-state index contributed by atoms with van der Waals surface area (Å²) >= 11 is 1.59. The van der Waals surface area contributed by atoms with Crippen LogP contribution in [0, 0.1) is 0 Å². The lowest BCUT2D eigenvalue weighted by atomic mass is 10.1. The molecule has 3 aromatic rings. The van der Waals surface area contributed by atoms with Gasteiger partial charge in [-0.05, 0) is 59.5 Å². The fraction of sp³-hybridized carbons (Fsp3) is 0.250. The molecular weight excluding hydrogens is 326 g/mol. The molecule has 0 atom stereocenters. The van der Waals surface area contributed by atoms with Gasteiger partial charge in [-0.25, -0.2) is 0 Å². The number of carbonyl (C=O) groups excluding carboxylic acids is 1. The lowest BCUT2D eigenvalue weighted by Gasteiger charge is -2.08. The molecule has 1 aliphatic rings. The highest BCUT2D eigenvalue weighted by atomic mass is 32.1. The molecule has 8 heteroatoms. The Kier molecular flexibility index (Phi) is 3.73. The Hall–Kier alpha value is -2.74. The van der Waals surface area contributed by atoms with Gasteiger partial charge in [0.05, 0.1) is 12.7 Å². The van der Waals surface area contributed by atoms with Crippen LogP contribution in [0.25, 0.3) is 5.00 Å². The topological polar surface area (TPSA) is 81.9 Å². The first-order valence-electron chi connectivity index (χ1n) is 7.59. The van der Waals surface area contributed by atoms with Gasteiger partial charge in [-0.3, -0.25) is 4.79 Å². The Labute approximate surface area is 142 Å². The molecule has 0 aliphatic heterocycles. The molecule has 0 spiro atoms. The molecule has 4 rings (SSSR count). The molecule has 122 valence electrons. The molecule has 0 unspecified atom stereocenters. The number of tetrazole rings is 1. The van der Waals surface area contributed by atoms with Gasteiger partial charge < -0.3 is 10.1 Å². The van der Waals surface area contributed by atoms with Gasteiger partial charge in [-0.1, -0.05) is 0 Å². The van der Waals surface area contributed by atoms with Crippen LogP contribution in [-0.4, -0.2) is 33.2 Å². The number of anilines is 1. The number of ether oxygens (including phenoxy) is 1. The number of hydrogen-bond donors (Lipinski definition) is 1. The van der Waals surface area contributed by atoms with Crippen molar-refractivity contribution in [3.05, 3.63) is 46.6 Å². The fourth-order valence-corrected chi connectivity index (χ4v) is 4.21. The molecule has 2 aromatic heterocycles. The standard InChI is InChI=1S/C16H15N5O2S/c1-23-11-7-5-10(6-8-11)18-15(22)14-12-3-2-4-13(12)24-16(14)21-9-17-19-20-21/h5-9H,2-4H2,1H3,(H,18,22). The second-order valence-electron chi connectivity index (χ2n) is 5.47. The third-order valence-electron chi connectivity index (χ3n) is 4.03. The number of nitrogens with zero attached hydrogens (tertiary/aromatic N) is 4. The molecule has 1 amide bonds. The van der Waals surface area contributed by atoms with Crippen LogP contribution in [-0.2, 0) is 12.8 Å². The predicted molar refractivity (Wildman–Crippen MR) is 90.0 cm³/mol. The summed E-state index contributed by atoms with van der Waals surface area (Å²) in [4.78, 5) is 14.1. The third-order valence-corrected chi connectivity index (χ3v) is 5.32. The molecule has 1 N–H and O–H groups in total. The second-order valence-corrected chi connectivity index (χ2v) is 6.56. The molecule has 0 saturated carbocycles. The van der Waals surface area contributed by atoms with Gasteiger partial charge in [0.15, 0.2) is 0 Å². The van der Waals surface area contributed by atoms with Crippen LogP contribution in [0.2, 0.25) is 0 Å². The van der Waals surface area contributed by atoms with E-state index in [1.54, 1.807) is 23.1 Å². The largest absolute Gasteiger partial charge is 0.497 e. The maximum Gasteiger partial charge on any atom is 0.259 e. The molecule has 0 radical (unpaired) electrons. The van der Waals surface area contributed by atoms with E-state index in [2.05, 4.69) is 20.8 Å². The monoisotopic (exact) mass is 341 g/mol. The van der Waals surface area contributed by atoms with E-state index < -0.39 is 0 Å². The highest BCUT2D eigenvalue weighted by molar-refractivity contribution is 7.15. The van der Waals surface area contributed by atoms with Crippen LogP contribution in [0.15, 0.2) is 30.6 Å². The lowest BCUT2D eigenvalue weighted by Crippen LogP contribution is -2.15. The summed E-state index contributed by atoms with van der Waals surface area (Å²) in [7, 11) is 1.61. The molecule has 7 nitrogen and oxygen atoms in total. The quantitative estimate of drug-likeness (QED) is 0.788. The number of methoxy groups -OCH3 is 1. The Morgan fingerprint density at radius 2 is 2.12 bits per heavy atom. The van der Waals surface area contributed by atoms with E-state index in [9.17, 15) is 4.79 Å². The van der Waals surface area contributed by atoms with Gasteiger partial charge in [0.25, 0.3) is 5.91 Å². The molecule has 0 fully saturated rings. The number of amides is 1. The molecule has 1 aromatic carbocycles. The Balaban J connectivity index is 1.68. The van der Waals surface area contributed by atoms with E-state index in [-0.39, 0.29) is 5.91 Å². The zero-order valence-corrected chi connectivity index (χ0v) is 13.8. The maximum atomic E-state index is 12.9. The Bertz CT molecular complexity index is 871. The number of aromatic nitrogens is 4. The summed E-state index contributed by atoms with van der Waals surface area (Å²) in [5, 5.41) is 15.0. The van der Waals surface area contributed by atoms with Crippen molar-refractivity contribution in [1.82, 2.24) is 20.2 Å². The highest BCUT2D eigenvalue weighted by Gasteiger charge is 2.28. The number of hydrogen-bond acceptors (Lipinski definition) is 6. The number of rotatable bonds is 4. The van der Waals surface area contributed by atoms with Crippen LogP contribution in [0.4, 0.5) is 5.69 Å². The van der Waals surface area contributed by atoms with Crippen LogP contribution in [0.3, 0.4) is 0 Å². The van der Waals surface area contributed by atoms with Crippen LogP contribution < -0.4 is 10.1 Å². The van der Waals surface area contributed by atoms with E-state index in [1.165, 1.54) is 11.2 Å². The highest BCUT2D eigenvalue weighted by Crippen LogP contribution is 2.37. The first-order valence-corrected chi connectivity index (χ1v) is 8.41. The second kappa shape index (κ2) is 6.04. The summed E-state index contributed by atoms with van der Waals surface area (Å²) < 4.78 is 6.70. The van der Waals surface area contributed by atoms with Gasteiger partial charge in [0.2, 0.25) is 0 Å². The normalized spacial score (nSPS) is 12.9. The summed E-state index contributed by atoms with van der Waals surface area (Å²) in [6.07, 6.45) is 4.52. The van der Waals surface area contributed by atoms with E-state index in [0.29, 0.717) is 5.56 Å². The zero-order chi connectivity index (χ0) is 16.5. The Morgan fingerprint density at radius 3 is 2.83 bits per heavy atom. The summed E-state index contributed by atoms with van der Waals surface area (Å²) in [6.45, 7) is 0. The maximum absolute atomic E-state index is 12.9. The number of fused-ring (bicyclic) bond motifs is 1. The van der Waals surface area contributed by atoms with Gasteiger partial charge in [0, 0.05) is 10.6 Å². The smallest absolute Gasteiger partial charge is 0.259 e. The molecule has 1 aliphatic carbocycles. The van der Waals surface area contributed by atoms with E-state index in [1.807, 2.05) is 24.3 Å². The number of benzene rings is 1. The van der Waals surface area contributed by atoms with Crippen LogP contribution >= 0.6 is 11.3 Å². The first kappa shape index (κ1) is 14.8. The van der Waals surface area contributed by atoms with E-state index >= 15 is 0 Å². The average Bonchev–Trinajstić information content (AvgIpc) is 3.31. The molecular formula is C16H15N5O2S. The van der Waals surface area contributed by atoms with Gasteiger partial charge in [-0.2, -0.15) is 4.68 Å². The minimum Gasteiger partial charge on any atom is -0.497 e. The summed E-state index contributed by atoms with van der Waals surface area (Å²) in [5.74, 6) is 0.615. The van der Waals surface area contributed by atoms with Crippen molar-refractivity contribution in [2.75, 3.05) is 12.4 Å². The van der Waals surface area contributed by atoms with Crippen molar-refractivity contribution in [3.63, 3.8) is 0 Å². The molecule has 24 heavy (non-hydrogen) atoms. The minimum atomic E-state index is -0.134.